The maximum Gasteiger partial charge on any atom is 0.312 e. The van der Waals surface area contributed by atoms with E-state index >= 15 is 0 Å². The van der Waals surface area contributed by atoms with Crippen molar-refractivity contribution in [2.24, 2.45) is 28.8 Å². The van der Waals surface area contributed by atoms with Crippen LogP contribution in [0.3, 0.4) is 0 Å². The number of rotatable bonds is 4. The first kappa shape index (κ1) is 48.9. The predicted molar refractivity (Wildman–Crippen MR) is 240 cm³/mol. The smallest absolute Gasteiger partial charge is 0.312 e. The number of ketones is 1. The molecule has 9 unspecified atom stereocenters. The Bertz CT molecular complexity index is 2120. The van der Waals surface area contributed by atoms with Crippen LogP contribution in [0.25, 0.3) is 10.8 Å². The van der Waals surface area contributed by atoms with Crippen LogP contribution in [0.4, 0.5) is 5.69 Å². The first-order valence-electron chi connectivity index (χ1n) is 22.2. The molecule has 4 aliphatic heterocycles. The molecular formula is C48H67N3O12. The Hall–Kier alpha value is -5.12. The molecule has 15 nitrogen and oxygen atoms in total. The highest BCUT2D eigenvalue weighted by Gasteiger charge is 2.50. The van der Waals surface area contributed by atoms with Crippen molar-refractivity contribution in [3.8, 4) is 23.0 Å². The summed E-state index contributed by atoms with van der Waals surface area (Å²) in [4.78, 5) is 40.8. The van der Waals surface area contributed by atoms with Crippen LogP contribution in [0.2, 0.25) is 0 Å². The zero-order chi connectivity index (χ0) is 46.3. The predicted octanol–water partition coefficient (Wildman–Crippen LogP) is 7.52. The number of hydrazone groups is 1. The minimum Gasteiger partial charge on any atom is -0.507 e. The highest BCUT2D eigenvalue weighted by Crippen LogP contribution is 2.55. The first-order chi connectivity index (χ1) is 29.8. The molecule has 6 N–H and O–H groups in total. The number of phenolic OH excluding ortho intramolecular Hbond substituents is 3. The molecule has 0 saturated carbocycles. The molecule has 4 aliphatic rings. The van der Waals surface area contributed by atoms with Gasteiger partial charge in [-0.2, -0.15) is 5.10 Å². The summed E-state index contributed by atoms with van der Waals surface area (Å²) in [5.41, 5.74) is -0.263. The summed E-state index contributed by atoms with van der Waals surface area (Å²) in [5.74, 6) is -8.24. The first-order valence-corrected chi connectivity index (χ1v) is 22.2. The summed E-state index contributed by atoms with van der Waals surface area (Å²) >= 11 is 0. The van der Waals surface area contributed by atoms with E-state index < -0.39 is 88.8 Å². The summed E-state index contributed by atoms with van der Waals surface area (Å²) in [6.45, 7) is 13.9. The molecular weight excluding hydrogens is 811 g/mol. The van der Waals surface area contributed by atoms with E-state index in [9.17, 15) is 39.9 Å². The topological polar surface area (TPSA) is 217 Å². The molecule has 0 radical (unpaired) electrons. The fraction of sp³-hybridized carbons (Fsp3) is 0.583. The number of amides is 1. The molecule has 1 fully saturated rings. The van der Waals surface area contributed by atoms with Crippen molar-refractivity contribution in [2.75, 3.05) is 25.5 Å². The van der Waals surface area contributed by atoms with Crippen molar-refractivity contribution in [3.05, 3.63) is 52.8 Å². The number of esters is 1. The normalized spacial score (nSPS) is 29.6. The van der Waals surface area contributed by atoms with Gasteiger partial charge < -0.3 is 49.8 Å². The van der Waals surface area contributed by atoms with Gasteiger partial charge in [-0.05, 0) is 32.8 Å². The average molecular weight is 878 g/mol. The van der Waals surface area contributed by atoms with Crippen LogP contribution in [-0.2, 0) is 23.8 Å². The number of aliphatic hydroxyl groups excluding tert-OH is 2. The second kappa shape index (κ2) is 21.0. The summed E-state index contributed by atoms with van der Waals surface area (Å²) in [6, 6.07) is 0. The third-order valence-corrected chi connectivity index (χ3v) is 13.0. The number of hydrogen-bond donors (Lipinski definition) is 6. The number of phenols is 3. The van der Waals surface area contributed by atoms with Gasteiger partial charge in [0.15, 0.2) is 5.75 Å². The van der Waals surface area contributed by atoms with Crippen LogP contribution < -0.4 is 10.1 Å². The molecule has 4 heterocycles. The molecule has 5 bridgehead atoms. The van der Waals surface area contributed by atoms with E-state index in [1.807, 2.05) is 5.01 Å². The van der Waals surface area contributed by atoms with Crippen LogP contribution in [0.1, 0.15) is 121 Å². The number of benzene rings is 2. The van der Waals surface area contributed by atoms with Gasteiger partial charge in [-0.1, -0.05) is 84.4 Å². The summed E-state index contributed by atoms with van der Waals surface area (Å²) in [7, 11) is 1.45. The largest absolute Gasteiger partial charge is 0.507 e. The van der Waals surface area contributed by atoms with E-state index in [1.54, 1.807) is 46.8 Å². The van der Waals surface area contributed by atoms with Crippen molar-refractivity contribution >= 4 is 40.3 Å². The van der Waals surface area contributed by atoms with E-state index in [4.69, 9.17) is 24.0 Å². The summed E-state index contributed by atoms with van der Waals surface area (Å²) in [6.07, 6.45) is 13.5. The third-order valence-electron chi connectivity index (χ3n) is 13.0. The van der Waals surface area contributed by atoms with E-state index in [-0.39, 0.29) is 44.5 Å². The van der Waals surface area contributed by atoms with Gasteiger partial charge >= 0.3 is 11.8 Å². The number of allylic oxidation sites excluding steroid dienone is 2. The minimum atomic E-state index is -2.04. The van der Waals surface area contributed by atoms with Crippen molar-refractivity contribution in [2.45, 2.75) is 137 Å². The van der Waals surface area contributed by atoms with Gasteiger partial charge in [0.1, 0.15) is 23.4 Å². The Labute approximate surface area is 370 Å². The quantitative estimate of drug-likeness (QED) is 0.0759. The van der Waals surface area contributed by atoms with Gasteiger partial charge in [0.05, 0.1) is 53.0 Å². The number of nitrogens with one attached hydrogen (secondary N) is 1. The molecule has 15 heteroatoms. The molecule has 63 heavy (non-hydrogen) atoms. The van der Waals surface area contributed by atoms with E-state index in [1.165, 1.54) is 65.4 Å². The maximum atomic E-state index is 14.6. The highest BCUT2D eigenvalue weighted by molar-refractivity contribution is 6.23. The number of ether oxygens (including phenoxy) is 4. The number of aromatic hydroxyl groups is 3. The van der Waals surface area contributed by atoms with Gasteiger partial charge in [-0.3, -0.25) is 19.4 Å². The standard InChI is InChI=1S/C48H67N3O12/c1-26-19-18-20-27(2)47(59)50-38-33(25-49-51-22-16-14-12-10-11-13-15-17-23-51)42(56)35-36(43(38)57)41(55)31(6)45-37(35)46(58)48(8,63-45)61-24-21-34(60-9)28(3)44(62-32(7)52)30(5)40(54)29(4)39(26)53/h18-21,24-26,28-30,34,39-40,44,53-57H,10-17,22-23H2,1-9H3,(H,50,59)/b19-18?,24-21?,27-20?,49-25-. The molecule has 0 aromatic heterocycles. The zero-order valence-corrected chi connectivity index (χ0v) is 38.1. The number of anilines is 1. The molecule has 9 atom stereocenters. The Morgan fingerprint density at radius 3 is 2.10 bits per heavy atom. The lowest BCUT2D eigenvalue weighted by atomic mass is 9.78. The lowest BCUT2D eigenvalue weighted by molar-refractivity contribution is -0.160. The van der Waals surface area contributed by atoms with E-state index in [0.717, 1.165) is 38.5 Å². The number of Topliss-reactive ketones (excluding diaryl/α,β-unsaturated/α-hetero) is 1. The number of nitrogens with zero attached hydrogens (tertiary/aromatic N) is 2. The second-order valence-corrected chi connectivity index (χ2v) is 17.6. The highest BCUT2D eigenvalue weighted by atomic mass is 16.7. The fourth-order valence-corrected chi connectivity index (χ4v) is 8.89. The Kier molecular flexibility index (Phi) is 16.3. The van der Waals surface area contributed by atoms with E-state index in [0.29, 0.717) is 13.1 Å². The van der Waals surface area contributed by atoms with Gasteiger partial charge in [0.2, 0.25) is 0 Å². The lowest BCUT2D eigenvalue weighted by Gasteiger charge is -2.38. The molecule has 0 spiro atoms. The molecule has 0 aliphatic carbocycles. The third kappa shape index (κ3) is 10.6. The number of carbonyl (C=O) groups excluding carboxylic acids is 3. The van der Waals surface area contributed by atoms with Crippen LogP contribution in [0, 0.1) is 30.6 Å². The minimum absolute atomic E-state index is 0.0662. The zero-order valence-electron chi connectivity index (χ0n) is 38.1. The number of fused-ring (bicyclic) bond motifs is 14. The van der Waals surface area contributed by atoms with Crippen molar-refractivity contribution in [1.29, 1.82) is 0 Å². The van der Waals surface area contributed by atoms with Gasteiger partial charge in [0, 0.05) is 74.2 Å². The Morgan fingerprint density at radius 1 is 0.873 bits per heavy atom. The molecule has 346 valence electrons. The van der Waals surface area contributed by atoms with Crippen molar-refractivity contribution < 1.29 is 58.9 Å². The molecule has 6 rings (SSSR count). The van der Waals surface area contributed by atoms with Crippen LogP contribution >= 0.6 is 0 Å². The fourth-order valence-electron chi connectivity index (χ4n) is 8.89. The molecule has 1 saturated heterocycles. The molecule has 1 amide bonds. The van der Waals surface area contributed by atoms with Gasteiger partial charge in [-0.25, -0.2) is 0 Å². The second-order valence-electron chi connectivity index (χ2n) is 17.6. The van der Waals surface area contributed by atoms with E-state index in [2.05, 4.69) is 5.32 Å². The Balaban J connectivity index is 1.70. The molecule has 2 aromatic rings. The van der Waals surface area contributed by atoms with Crippen LogP contribution in [-0.4, -0.2) is 105 Å². The molecule has 2 aromatic carbocycles. The van der Waals surface area contributed by atoms with Crippen LogP contribution in [0.5, 0.6) is 23.0 Å². The average Bonchev–Trinajstić information content (AvgIpc) is 3.48. The Morgan fingerprint density at radius 2 is 1.49 bits per heavy atom. The summed E-state index contributed by atoms with van der Waals surface area (Å²) in [5, 5.41) is 67.8. The maximum absolute atomic E-state index is 14.6. The van der Waals surface area contributed by atoms with Gasteiger partial charge in [-0.15, -0.1) is 0 Å². The lowest BCUT2D eigenvalue weighted by Crippen LogP contribution is -2.46. The van der Waals surface area contributed by atoms with Crippen LogP contribution in [0.15, 0.2) is 41.2 Å². The number of methoxy groups -OCH3 is 1. The SMILES string of the molecule is COC1C=COC2(C)Oc3c(C)c(O)c4c(O)c(c(/C=N\N5CCCCCCCCCC5)c(O)c4c3C2=O)NC(=O)C(C)=CC=CC(C)C(O)C(C)C(O)C(C)C(OC(C)=O)C1C. The summed E-state index contributed by atoms with van der Waals surface area (Å²) < 4.78 is 23.7. The van der Waals surface area contributed by atoms with Gasteiger partial charge in [0.25, 0.3) is 11.7 Å². The monoisotopic (exact) mass is 877 g/mol. The number of hydrogen-bond acceptors (Lipinski definition) is 14. The number of aliphatic hydroxyl groups is 2. The number of carbonyl (C=O) groups is 3. The van der Waals surface area contributed by atoms with Crippen molar-refractivity contribution in [1.82, 2.24) is 5.01 Å². The van der Waals surface area contributed by atoms with Crippen molar-refractivity contribution in [3.63, 3.8) is 0 Å².